The maximum absolute atomic E-state index is 11.4. The van der Waals surface area contributed by atoms with E-state index >= 15 is 0 Å². The van der Waals surface area contributed by atoms with Crippen LogP contribution in [0.2, 0.25) is 0 Å². The minimum absolute atomic E-state index is 0.133. The van der Waals surface area contributed by atoms with E-state index in [-0.39, 0.29) is 26.4 Å². The summed E-state index contributed by atoms with van der Waals surface area (Å²) in [4.78, 5) is 22.8. The van der Waals surface area contributed by atoms with Gasteiger partial charge in [-0.15, -0.1) is 0 Å². The molecule has 0 amide bonds. The highest BCUT2D eigenvalue weighted by Gasteiger charge is 2.47. The van der Waals surface area contributed by atoms with Crippen LogP contribution in [0.1, 0.15) is 27.8 Å². The summed E-state index contributed by atoms with van der Waals surface area (Å²) in [6, 6.07) is 36.0. The summed E-state index contributed by atoms with van der Waals surface area (Å²) in [7, 11) is 0. The van der Waals surface area contributed by atoms with Crippen LogP contribution in [0.25, 0.3) is 21.9 Å². The van der Waals surface area contributed by atoms with Crippen LogP contribution in [0.5, 0.6) is 11.5 Å². The first-order valence-electron chi connectivity index (χ1n) is 15.1. The van der Waals surface area contributed by atoms with Gasteiger partial charge in [0.15, 0.2) is 0 Å². The number of hydrogen-bond acceptors (Lipinski definition) is 6. The lowest BCUT2D eigenvalue weighted by Crippen LogP contribution is -2.29. The third-order valence-corrected chi connectivity index (χ3v) is 8.27. The molecule has 5 aromatic rings. The van der Waals surface area contributed by atoms with Gasteiger partial charge in [-0.2, -0.15) is 0 Å². The second-order valence-corrected chi connectivity index (χ2v) is 11.0. The van der Waals surface area contributed by atoms with Gasteiger partial charge in [0.05, 0.1) is 5.41 Å². The molecule has 0 saturated carbocycles. The van der Waals surface area contributed by atoms with Crippen molar-refractivity contribution in [3.8, 4) is 22.6 Å². The number of ether oxygens (including phenoxy) is 4. The SMILES string of the molecule is C=CC(=O)OCCOc1ccc(C2(c3ccc(OCCOC(=O)C=C)cc3)c3cc(C)ccc3-c3ccc4ccccc4c32)cc1. The van der Waals surface area contributed by atoms with Crippen LogP contribution in [0.15, 0.2) is 128 Å². The second kappa shape index (κ2) is 13.2. The Kier molecular flexibility index (Phi) is 8.70. The van der Waals surface area contributed by atoms with E-state index in [4.69, 9.17) is 18.9 Å². The molecule has 0 heterocycles. The minimum Gasteiger partial charge on any atom is -0.490 e. The van der Waals surface area contributed by atoms with Gasteiger partial charge in [-0.25, -0.2) is 9.59 Å². The summed E-state index contributed by atoms with van der Waals surface area (Å²) in [5, 5.41) is 2.35. The molecule has 0 aliphatic heterocycles. The van der Waals surface area contributed by atoms with E-state index in [1.54, 1.807) is 0 Å². The van der Waals surface area contributed by atoms with E-state index in [9.17, 15) is 9.59 Å². The standard InChI is InChI=1S/C40H34O6/c1-4-37(41)45-24-22-43-31-16-12-29(13-17-31)40(30-14-18-32(19-15-30)44-23-25-46-38(42)5-2)36-26-27(3)10-20-34(36)35-21-11-28-8-6-7-9-33(28)39(35)40/h4-21,26H,1-2,22-25H2,3H3. The molecule has 0 atom stereocenters. The first-order chi connectivity index (χ1) is 22.4. The van der Waals surface area contributed by atoms with Crippen LogP contribution < -0.4 is 9.47 Å². The minimum atomic E-state index is -0.645. The van der Waals surface area contributed by atoms with Gasteiger partial charge >= 0.3 is 11.9 Å². The first-order valence-corrected chi connectivity index (χ1v) is 15.1. The molecule has 1 aliphatic rings. The lowest BCUT2D eigenvalue weighted by molar-refractivity contribution is -0.139. The van der Waals surface area contributed by atoms with Gasteiger partial charge in [0.2, 0.25) is 0 Å². The van der Waals surface area contributed by atoms with Crippen LogP contribution in [0, 0.1) is 6.92 Å². The summed E-state index contributed by atoms with van der Waals surface area (Å²) in [5.74, 6) is 0.397. The van der Waals surface area contributed by atoms with Crippen molar-refractivity contribution < 1.29 is 28.5 Å². The number of esters is 2. The number of carbonyl (C=O) groups is 2. The molecule has 0 spiro atoms. The van der Waals surface area contributed by atoms with Crippen molar-refractivity contribution in [2.24, 2.45) is 0 Å². The molecule has 0 unspecified atom stereocenters. The van der Waals surface area contributed by atoms with E-state index in [1.807, 2.05) is 24.3 Å². The molecule has 0 radical (unpaired) electrons. The van der Waals surface area contributed by atoms with Gasteiger partial charge in [0.1, 0.15) is 37.9 Å². The van der Waals surface area contributed by atoms with Crippen molar-refractivity contribution in [2.75, 3.05) is 26.4 Å². The average molecular weight is 611 g/mol. The van der Waals surface area contributed by atoms with E-state index in [0.29, 0.717) is 11.5 Å². The lowest BCUT2D eigenvalue weighted by atomic mass is 9.66. The van der Waals surface area contributed by atoms with Crippen molar-refractivity contribution in [3.63, 3.8) is 0 Å². The fourth-order valence-corrected chi connectivity index (χ4v) is 6.33. The molecule has 0 fully saturated rings. The van der Waals surface area contributed by atoms with Gasteiger partial charge in [0.25, 0.3) is 0 Å². The molecule has 230 valence electrons. The van der Waals surface area contributed by atoms with Crippen molar-refractivity contribution in [2.45, 2.75) is 12.3 Å². The summed E-state index contributed by atoms with van der Waals surface area (Å²) >= 11 is 0. The summed E-state index contributed by atoms with van der Waals surface area (Å²) in [5.41, 5.74) is 7.52. The number of carbonyl (C=O) groups excluding carboxylic acids is 2. The van der Waals surface area contributed by atoms with Gasteiger partial charge in [-0.05, 0) is 75.3 Å². The molecule has 6 rings (SSSR count). The van der Waals surface area contributed by atoms with Gasteiger partial charge in [0, 0.05) is 12.2 Å². The maximum Gasteiger partial charge on any atom is 0.330 e. The Morgan fingerprint density at radius 3 is 1.76 bits per heavy atom. The lowest BCUT2D eigenvalue weighted by Gasteiger charge is -2.35. The van der Waals surface area contributed by atoms with Gasteiger partial charge < -0.3 is 18.9 Å². The van der Waals surface area contributed by atoms with Crippen LogP contribution in [0.3, 0.4) is 0 Å². The third-order valence-electron chi connectivity index (χ3n) is 8.27. The molecule has 0 N–H and O–H groups in total. The Balaban J connectivity index is 1.46. The van der Waals surface area contributed by atoms with Crippen LogP contribution >= 0.6 is 0 Å². The Morgan fingerprint density at radius 1 is 0.652 bits per heavy atom. The smallest absolute Gasteiger partial charge is 0.330 e. The quantitative estimate of drug-likeness (QED) is 0.0803. The predicted molar refractivity (Wildman–Crippen MR) is 179 cm³/mol. The molecular formula is C40H34O6. The number of fused-ring (bicyclic) bond motifs is 5. The van der Waals surface area contributed by atoms with Crippen molar-refractivity contribution >= 4 is 22.7 Å². The van der Waals surface area contributed by atoms with Gasteiger partial charge in [-0.1, -0.05) is 97.6 Å². The van der Waals surface area contributed by atoms with Crippen LogP contribution in [0.4, 0.5) is 0 Å². The molecule has 0 saturated heterocycles. The third kappa shape index (κ3) is 5.66. The molecule has 6 heteroatoms. The van der Waals surface area contributed by atoms with Crippen LogP contribution in [-0.2, 0) is 24.5 Å². The highest BCUT2D eigenvalue weighted by Crippen LogP contribution is 2.58. The fourth-order valence-electron chi connectivity index (χ4n) is 6.33. The number of benzene rings is 5. The van der Waals surface area contributed by atoms with E-state index in [1.165, 1.54) is 38.6 Å². The topological polar surface area (TPSA) is 71.1 Å². The molecule has 0 bridgehead atoms. The molecule has 46 heavy (non-hydrogen) atoms. The first kappa shape index (κ1) is 30.4. The Morgan fingerprint density at radius 2 is 1.20 bits per heavy atom. The summed E-state index contributed by atoms with van der Waals surface area (Å²) < 4.78 is 21.9. The van der Waals surface area contributed by atoms with E-state index < -0.39 is 17.4 Å². The molecule has 6 nitrogen and oxygen atoms in total. The Hall–Kier alpha value is -5.62. The zero-order valence-electron chi connectivity index (χ0n) is 25.7. The fraction of sp³-hybridized carbons (Fsp3) is 0.150. The molecular weight excluding hydrogens is 576 g/mol. The number of hydrogen-bond donors (Lipinski definition) is 0. The predicted octanol–water partition coefficient (Wildman–Crippen LogP) is 7.73. The highest BCUT2D eigenvalue weighted by atomic mass is 16.6. The average Bonchev–Trinajstić information content (AvgIpc) is 3.39. The van der Waals surface area contributed by atoms with Crippen molar-refractivity contribution in [1.82, 2.24) is 0 Å². The largest absolute Gasteiger partial charge is 0.490 e. The normalized spacial score (nSPS) is 12.5. The highest BCUT2D eigenvalue weighted by molar-refractivity contribution is 6.00. The van der Waals surface area contributed by atoms with Crippen LogP contribution in [-0.4, -0.2) is 38.4 Å². The van der Waals surface area contributed by atoms with Crippen molar-refractivity contribution in [3.05, 3.63) is 156 Å². The van der Waals surface area contributed by atoms with Gasteiger partial charge in [-0.3, -0.25) is 0 Å². The molecule has 0 aromatic heterocycles. The number of rotatable bonds is 12. The zero-order chi connectivity index (χ0) is 32.1. The summed E-state index contributed by atoms with van der Waals surface area (Å²) in [6.07, 6.45) is 2.27. The summed E-state index contributed by atoms with van der Waals surface area (Å²) in [6.45, 7) is 9.69. The van der Waals surface area contributed by atoms with E-state index in [0.717, 1.165) is 23.3 Å². The Labute approximate surface area is 268 Å². The molecule has 5 aromatic carbocycles. The van der Waals surface area contributed by atoms with Crippen molar-refractivity contribution in [1.29, 1.82) is 0 Å². The van der Waals surface area contributed by atoms with E-state index in [2.05, 4.69) is 98.9 Å². The zero-order valence-corrected chi connectivity index (χ0v) is 25.7. The number of aryl methyl sites for hydroxylation is 1. The Bertz CT molecular complexity index is 1850. The maximum atomic E-state index is 11.4. The monoisotopic (exact) mass is 610 g/mol. The second-order valence-electron chi connectivity index (χ2n) is 11.0. The molecule has 1 aliphatic carbocycles.